The van der Waals surface area contributed by atoms with Crippen LogP contribution < -0.4 is 28.6 Å². The summed E-state index contributed by atoms with van der Waals surface area (Å²) in [6, 6.07) is 9.09. The Bertz CT molecular complexity index is 825. The van der Waals surface area contributed by atoms with Crippen LogP contribution in [0.15, 0.2) is 30.3 Å². The number of ether oxygens (including phenoxy) is 5. The summed E-state index contributed by atoms with van der Waals surface area (Å²) in [5.74, 6) is 2.77. The molecule has 1 atom stereocenters. The molecule has 7 heteroatoms. The first-order valence-electron chi connectivity index (χ1n) is 8.41. The SMILES string of the molecule is COc1ccc(C2CC(=O)N2c2cc(OC)c(OC)c(OC)c2)cc1OC. The van der Waals surface area contributed by atoms with Crippen LogP contribution >= 0.6 is 0 Å². The number of nitrogens with zero attached hydrogens (tertiary/aromatic N) is 1. The van der Waals surface area contributed by atoms with Crippen molar-refractivity contribution in [3.8, 4) is 28.7 Å². The third-order valence-corrected chi connectivity index (χ3v) is 4.67. The summed E-state index contributed by atoms with van der Waals surface area (Å²) < 4.78 is 26.8. The molecule has 0 spiro atoms. The zero-order valence-electron chi connectivity index (χ0n) is 16.1. The van der Waals surface area contributed by atoms with E-state index in [-0.39, 0.29) is 11.9 Å². The van der Waals surface area contributed by atoms with E-state index in [4.69, 9.17) is 23.7 Å². The van der Waals surface area contributed by atoms with Crippen LogP contribution in [0.25, 0.3) is 0 Å². The summed E-state index contributed by atoms with van der Waals surface area (Å²) in [4.78, 5) is 14.1. The lowest BCUT2D eigenvalue weighted by atomic mass is 9.92. The Morgan fingerprint density at radius 3 is 1.85 bits per heavy atom. The molecule has 0 aliphatic carbocycles. The molecule has 0 radical (unpaired) electrons. The van der Waals surface area contributed by atoms with Gasteiger partial charge < -0.3 is 28.6 Å². The van der Waals surface area contributed by atoms with E-state index < -0.39 is 0 Å². The first kappa shape index (κ1) is 18.7. The highest BCUT2D eigenvalue weighted by atomic mass is 16.5. The fourth-order valence-corrected chi connectivity index (χ4v) is 3.27. The quantitative estimate of drug-likeness (QED) is 0.695. The second-order valence-corrected chi connectivity index (χ2v) is 5.98. The summed E-state index contributed by atoms with van der Waals surface area (Å²) in [7, 11) is 7.81. The highest BCUT2D eigenvalue weighted by Gasteiger charge is 2.39. The van der Waals surface area contributed by atoms with E-state index in [0.717, 1.165) is 5.56 Å². The fourth-order valence-electron chi connectivity index (χ4n) is 3.27. The van der Waals surface area contributed by atoms with E-state index in [1.807, 2.05) is 18.2 Å². The number of β-lactam (4-membered cyclic amide) rings is 1. The van der Waals surface area contributed by atoms with Crippen LogP contribution in [0, 0.1) is 0 Å². The second kappa shape index (κ2) is 7.65. The Balaban J connectivity index is 2.00. The standard InChI is InChI=1S/C20H23NO6/c1-23-15-7-6-12(8-16(15)24-2)14-11-19(22)21(14)13-9-17(25-3)20(27-5)18(10-13)26-4/h6-10,14H,11H2,1-5H3. The smallest absolute Gasteiger partial charge is 0.230 e. The number of carbonyl (C=O) groups is 1. The minimum atomic E-state index is -0.111. The van der Waals surface area contributed by atoms with Crippen molar-refractivity contribution >= 4 is 11.6 Å². The van der Waals surface area contributed by atoms with Gasteiger partial charge >= 0.3 is 0 Å². The van der Waals surface area contributed by atoms with Gasteiger partial charge in [-0.05, 0) is 17.7 Å². The van der Waals surface area contributed by atoms with Crippen LogP contribution in [0.4, 0.5) is 5.69 Å². The van der Waals surface area contributed by atoms with Gasteiger partial charge in [-0.25, -0.2) is 0 Å². The molecule has 1 heterocycles. The van der Waals surface area contributed by atoms with E-state index in [1.165, 1.54) is 0 Å². The Labute approximate surface area is 158 Å². The van der Waals surface area contributed by atoms with Crippen LogP contribution in [0.1, 0.15) is 18.0 Å². The molecule has 1 fully saturated rings. The number of hydrogen-bond donors (Lipinski definition) is 0. The molecule has 2 aromatic carbocycles. The van der Waals surface area contributed by atoms with Gasteiger partial charge in [0.15, 0.2) is 23.0 Å². The Morgan fingerprint density at radius 1 is 0.778 bits per heavy atom. The average molecular weight is 373 g/mol. The van der Waals surface area contributed by atoms with E-state index in [1.54, 1.807) is 52.6 Å². The maximum atomic E-state index is 12.4. The Hall–Kier alpha value is -3.09. The number of amides is 1. The largest absolute Gasteiger partial charge is 0.493 e. The molecule has 0 N–H and O–H groups in total. The lowest BCUT2D eigenvalue weighted by Crippen LogP contribution is -2.46. The predicted octanol–water partition coefficient (Wildman–Crippen LogP) is 3.21. The van der Waals surface area contributed by atoms with E-state index >= 15 is 0 Å². The molecule has 1 unspecified atom stereocenters. The Kier molecular flexibility index (Phi) is 5.30. The maximum Gasteiger partial charge on any atom is 0.230 e. The number of rotatable bonds is 7. The van der Waals surface area contributed by atoms with Gasteiger partial charge in [-0.15, -0.1) is 0 Å². The number of carbonyl (C=O) groups excluding carboxylic acids is 1. The molecule has 7 nitrogen and oxygen atoms in total. The maximum absolute atomic E-state index is 12.4. The van der Waals surface area contributed by atoms with Gasteiger partial charge in [0.25, 0.3) is 0 Å². The van der Waals surface area contributed by atoms with Crippen LogP contribution in [-0.4, -0.2) is 41.5 Å². The molecule has 1 saturated heterocycles. The van der Waals surface area contributed by atoms with Gasteiger partial charge in [0.05, 0.1) is 53.7 Å². The van der Waals surface area contributed by atoms with Crippen molar-refractivity contribution in [3.05, 3.63) is 35.9 Å². The lowest BCUT2D eigenvalue weighted by Gasteiger charge is -2.41. The normalized spacial score (nSPS) is 15.8. The highest BCUT2D eigenvalue weighted by molar-refractivity contribution is 6.01. The number of hydrogen-bond acceptors (Lipinski definition) is 6. The molecular formula is C20H23NO6. The molecule has 27 heavy (non-hydrogen) atoms. The van der Waals surface area contributed by atoms with Crippen LogP contribution in [-0.2, 0) is 4.79 Å². The third-order valence-electron chi connectivity index (χ3n) is 4.67. The van der Waals surface area contributed by atoms with Crippen molar-refractivity contribution in [2.75, 3.05) is 40.4 Å². The monoisotopic (exact) mass is 373 g/mol. The molecule has 2 aromatic rings. The number of anilines is 1. The first-order chi connectivity index (χ1) is 13.1. The summed E-state index contributed by atoms with van der Waals surface area (Å²) in [6.45, 7) is 0. The van der Waals surface area contributed by atoms with Gasteiger partial charge in [0.1, 0.15) is 0 Å². The summed E-state index contributed by atoms with van der Waals surface area (Å²) in [5, 5.41) is 0. The lowest BCUT2D eigenvalue weighted by molar-refractivity contribution is -0.124. The molecule has 1 aliphatic heterocycles. The minimum Gasteiger partial charge on any atom is -0.493 e. The third kappa shape index (κ3) is 3.20. The molecule has 0 aromatic heterocycles. The van der Waals surface area contributed by atoms with Gasteiger partial charge in [-0.2, -0.15) is 0 Å². The van der Waals surface area contributed by atoms with Crippen molar-refractivity contribution in [1.29, 1.82) is 0 Å². The zero-order chi connectivity index (χ0) is 19.6. The van der Waals surface area contributed by atoms with Gasteiger partial charge in [-0.1, -0.05) is 6.07 Å². The average Bonchev–Trinajstić information content (AvgIpc) is 2.70. The highest BCUT2D eigenvalue weighted by Crippen LogP contribution is 2.47. The molecule has 1 aliphatic rings. The van der Waals surface area contributed by atoms with Crippen molar-refractivity contribution in [2.24, 2.45) is 0 Å². The second-order valence-electron chi connectivity index (χ2n) is 5.98. The molecular weight excluding hydrogens is 350 g/mol. The van der Waals surface area contributed by atoms with E-state index in [0.29, 0.717) is 40.9 Å². The van der Waals surface area contributed by atoms with Crippen molar-refractivity contribution in [1.82, 2.24) is 0 Å². The van der Waals surface area contributed by atoms with Crippen LogP contribution in [0.5, 0.6) is 28.7 Å². The van der Waals surface area contributed by atoms with Crippen molar-refractivity contribution in [2.45, 2.75) is 12.5 Å². The minimum absolute atomic E-state index is 0.0176. The van der Waals surface area contributed by atoms with Crippen molar-refractivity contribution in [3.63, 3.8) is 0 Å². The summed E-state index contributed by atoms with van der Waals surface area (Å²) >= 11 is 0. The van der Waals surface area contributed by atoms with Gasteiger partial charge in [0, 0.05) is 12.1 Å². The zero-order valence-corrected chi connectivity index (χ0v) is 16.1. The fraction of sp³-hybridized carbons (Fsp3) is 0.350. The number of methoxy groups -OCH3 is 5. The Morgan fingerprint density at radius 2 is 1.37 bits per heavy atom. The predicted molar refractivity (Wildman–Crippen MR) is 100 cm³/mol. The van der Waals surface area contributed by atoms with Crippen LogP contribution in [0.2, 0.25) is 0 Å². The molecule has 1 amide bonds. The van der Waals surface area contributed by atoms with Gasteiger partial charge in [0.2, 0.25) is 11.7 Å². The summed E-state index contributed by atoms with van der Waals surface area (Å²) in [6.07, 6.45) is 0.409. The van der Waals surface area contributed by atoms with Gasteiger partial charge in [-0.3, -0.25) is 4.79 Å². The van der Waals surface area contributed by atoms with Crippen molar-refractivity contribution < 1.29 is 28.5 Å². The topological polar surface area (TPSA) is 66.5 Å². The van der Waals surface area contributed by atoms with E-state index in [9.17, 15) is 4.79 Å². The molecule has 144 valence electrons. The van der Waals surface area contributed by atoms with Crippen LogP contribution in [0.3, 0.4) is 0 Å². The first-order valence-corrected chi connectivity index (χ1v) is 8.41. The number of benzene rings is 2. The summed E-state index contributed by atoms with van der Waals surface area (Å²) in [5.41, 5.74) is 1.64. The molecule has 0 bridgehead atoms. The molecule has 3 rings (SSSR count). The van der Waals surface area contributed by atoms with E-state index in [2.05, 4.69) is 0 Å². The molecule has 0 saturated carbocycles.